The summed E-state index contributed by atoms with van der Waals surface area (Å²) in [5.41, 5.74) is 1.08. The highest BCUT2D eigenvalue weighted by molar-refractivity contribution is 6.30. The minimum Gasteiger partial charge on any atom is -0.491 e. The Hall–Kier alpha value is -2.77. The lowest BCUT2D eigenvalue weighted by atomic mass is 10.2. The summed E-state index contributed by atoms with van der Waals surface area (Å²) >= 11 is 5.61. The molecule has 0 saturated heterocycles. The Labute approximate surface area is 189 Å². The number of halogens is 1. The van der Waals surface area contributed by atoms with E-state index < -0.39 is 11.7 Å². The van der Waals surface area contributed by atoms with Crippen LogP contribution in [-0.4, -0.2) is 50.0 Å². The third kappa shape index (κ3) is 10.7. The first-order valence-corrected chi connectivity index (χ1v) is 10.1. The highest BCUT2D eigenvalue weighted by Crippen LogP contribution is 2.19. The van der Waals surface area contributed by atoms with Gasteiger partial charge < -0.3 is 14.8 Å². The van der Waals surface area contributed by atoms with Gasteiger partial charge in [-0.15, -0.1) is 0 Å². The van der Waals surface area contributed by atoms with E-state index in [1.165, 1.54) is 19.7 Å². The molecule has 2 aromatic rings. The van der Waals surface area contributed by atoms with Crippen molar-refractivity contribution in [3.05, 3.63) is 64.7 Å². The molecule has 0 saturated carbocycles. The summed E-state index contributed by atoms with van der Waals surface area (Å²) in [5, 5.41) is 4.50. The van der Waals surface area contributed by atoms with Crippen LogP contribution in [0.1, 0.15) is 36.7 Å². The Morgan fingerprint density at radius 2 is 1.68 bits per heavy atom. The van der Waals surface area contributed by atoms with Gasteiger partial charge in [0.1, 0.15) is 18.0 Å². The lowest BCUT2D eigenvalue weighted by molar-refractivity contribution is -0.0758. The summed E-state index contributed by atoms with van der Waals surface area (Å²) in [4.78, 5) is 28.5. The fourth-order valence-electron chi connectivity index (χ4n) is 2.18. The van der Waals surface area contributed by atoms with Gasteiger partial charge in [-0.25, -0.2) is 9.86 Å². The summed E-state index contributed by atoms with van der Waals surface area (Å²) in [6.07, 6.45) is -0.510. The number of nitrogens with zero attached hydrogens (tertiary/aromatic N) is 1. The number of hydrogen-bond acceptors (Lipinski definition) is 5. The molecule has 0 atom stereocenters. The maximum absolute atomic E-state index is 12.1. The fourth-order valence-corrected chi connectivity index (χ4v) is 2.31. The minimum absolute atomic E-state index is 0.209. The molecular formula is C23H31ClN2O5. The zero-order valence-electron chi connectivity index (χ0n) is 18.9. The first kappa shape index (κ1) is 26.3. The predicted molar refractivity (Wildman–Crippen MR) is 121 cm³/mol. The number of hydroxylamine groups is 2. The quantitative estimate of drug-likeness (QED) is 0.501. The Morgan fingerprint density at radius 1 is 1.06 bits per heavy atom. The van der Waals surface area contributed by atoms with Crippen molar-refractivity contribution in [2.45, 2.75) is 33.3 Å². The van der Waals surface area contributed by atoms with Crippen LogP contribution in [0.2, 0.25) is 5.02 Å². The van der Waals surface area contributed by atoms with Crippen LogP contribution >= 0.6 is 11.6 Å². The topological polar surface area (TPSA) is 77.1 Å². The van der Waals surface area contributed by atoms with E-state index in [0.29, 0.717) is 11.3 Å². The maximum Gasteiger partial charge on any atom is 0.407 e. The van der Waals surface area contributed by atoms with Gasteiger partial charge in [0.05, 0.1) is 19.2 Å². The van der Waals surface area contributed by atoms with Crippen molar-refractivity contribution in [2.75, 3.05) is 27.3 Å². The number of nitrogens with one attached hydrogen (secondary N) is 1. The molecule has 31 heavy (non-hydrogen) atoms. The molecule has 0 aliphatic carbocycles. The van der Waals surface area contributed by atoms with Crippen molar-refractivity contribution in [3.8, 4) is 5.75 Å². The molecule has 0 aromatic heterocycles. The molecule has 8 heteroatoms. The second-order valence-corrected chi connectivity index (χ2v) is 7.99. The van der Waals surface area contributed by atoms with E-state index in [2.05, 4.69) is 5.32 Å². The van der Waals surface area contributed by atoms with Crippen LogP contribution in [0.4, 0.5) is 4.79 Å². The van der Waals surface area contributed by atoms with Crippen molar-refractivity contribution < 1.29 is 23.9 Å². The molecule has 1 N–H and O–H groups in total. The SMILES string of the molecule is CON(C)C(=O)c1ccccc1OCCNC(=O)OC(C)(C)C.Cc1ccc(Cl)cc1. The Balaban J connectivity index is 0.000000500. The normalized spacial score (nSPS) is 10.4. The van der Waals surface area contributed by atoms with Crippen LogP contribution < -0.4 is 10.1 Å². The van der Waals surface area contributed by atoms with Crippen LogP contribution in [0.25, 0.3) is 0 Å². The van der Waals surface area contributed by atoms with E-state index in [-0.39, 0.29) is 19.1 Å². The van der Waals surface area contributed by atoms with Gasteiger partial charge >= 0.3 is 6.09 Å². The van der Waals surface area contributed by atoms with Gasteiger partial charge in [0.15, 0.2) is 0 Å². The predicted octanol–water partition coefficient (Wildman–Crippen LogP) is 4.87. The first-order valence-electron chi connectivity index (χ1n) is 9.76. The number of carbonyl (C=O) groups is 2. The zero-order chi connectivity index (χ0) is 23.4. The average Bonchev–Trinajstić information content (AvgIpc) is 2.71. The number of aryl methyl sites for hydroxylation is 1. The van der Waals surface area contributed by atoms with E-state index in [1.54, 1.807) is 45.0 Å². The zero-order valence-corrected chi connectivity index (χ0v) is 19.7. The van der Waals surface area contributed by atoms with Crippen LogP contribution in [0.5, 0.6) is 5.75 Å². The van der Waals surface area contributed by atoms with Gasteiger partial charge in [-0.1, -0.05) is 41.4 Å². The second kappa shape index (κ2) is 12.8. The number of alkyl carbamates (subject to hydrolysis) is 1. The van der Waals surface area contributed by atoms with E-state index in [9.17, 15) is 9.59 Å². The van der Waals surface area contributed by atoms with Crippen LogP contribution in [0.3, 0.4) is 0 Å². The number of carbonyl (C=O) groups excluding carboxylic acids is 2. The molecule has 0 aliphatic rings. The Kier molecular flexibility index (Phi) is 10.9. The molecule has 0 aliphatic heterocycles. The molecule has 0 radical (unpaired) electrons. The fraction of sp³-hybridized carbons (Fsp3) is 0.391. The van der Waals surface area contributed by atoms with Crippen molar-refractivity contribution in [2.24, 2.45) is 0 Å². The number of benzene rings is 2. The van der Waals surface area contributed by atoms with Gasteiger partial charge in [-0.3, -0.25) is 9.63 Å². The summed E-state index contributed by atoms with van der Waals surface area (Å²) in [6, 6.07) is 14.6. The second-order valence-electron chi connectivity index (χ2n) is 7.55. The Morgan fingerprint density at radius 3 is 2.23 bits per heavy atom. The van der Waals surface area contributed by atoms with E-state index in [1.807, 2.05) is 31.2 Å². The van der Waals surface area contributed by atoms with Gasteiger partial charge in [0.25, 0.3) is 5.91 Å². The summed E-state index contributed by atoms with van der Waals surface area (Å²) in [6.45, 7) is 7.87. The summed E-state index contributed by atoms with van der Waals surface area (Å²) in [7, 11) is 2.93. The summed E-state index contributed by atoms with van der Waals surface area (Å²) in [5.74, 6) is 0.107. The highest BCUT2D eigenvalue weighted by Gasteiger charge is 2.17. The molecular weight excluding hydrogens is 420 g/mol. The third-order valence-electron chi connectivity index (χ3n) is 3.72. The summed E-state index contributed by atoms with van der Waals surface area (Å²) < 4.78 is 10.7. The molecule has 2 aromatic carbocycles. The van der Waals surface area contributed by atoms with Crippen LogP contribution in [0.15, 0.2) is 48.5 Å². The molecule has 2 rings (SSSR count). The monoisotopic (exact) mass is 450 g/mol. The molecule has 0 fully saturated rings. The van der Waals surface area contributed by atoms with E-state index >= 15 is 0 Å². The van der Waals surface area contributed by atoms with Gasteiger partial charge in [-0.05, 0) is 52.0 Å². The molecule has 0 spiro atoms. The first-order chi connectivity index (χ1) is 14.5. The van der Waals surface area contributed by atoms with Crippen molar-refractivity contribution >= 4 is 23.6 Å². The lowest BCUT2D eigenvalue weighted by Crippen LogP contribution is -2.34. The minimum atomic E-state index is -0.547. The third-order valence-corrected chi connectivity index (χ3v) is 3.97. The van der Waals surface area contributed by atoms with Crippen LogP contribution in [-0.2, 0) is 9.57 Å². The number of amides is 2. The van der Waals surface area contributed by atoms with E-state index in [0.717, 1.165) is 10.1 Å². The average molecular weight is 451 g/mol. The van der Waals surface area contributed by atoms with Crippen molar-refractivity contribution in [1.82, 2.24) is 10.4 Å². The largest absolute Gasteiger partial charge is 0.491 e. The van der Waals surface area contributed by atoms with Crippen molar-refractivity contribution in [1.29, 1.82) is 0 Å². The number of para-hydroxylation sites is 1. The molecule has 2 amide bonds. The lowest BCUT2D eigenvalue weighted by Gasteiger charge is -2.20. The number of rotatable bonds is 6. The number of ether oxygens (including phenoxy) is 2. The smallest absolute Gasteiger partial charge is 0.407 e. The van der Waals surface area contributed by atoms with Gasteiger partial charge in [0, 0.05) is 12.1 Å². The Bertz CT molecular complexity index is 814. The maximum atomic E-state index is 12.1. The molecule has 0 unspecified atom stereocenters. The molecule has 170 valence electrons. The standard InChI is InChI=1S/C16H24N2O5.C7H7Cl/c1-16(2,3)23-15(20)17-10-11-22-13-9-7-6-8-12(13)14(19)18(4)21-5;1-6-2-4-7(8)5-3-6/h6-9H,10-11H2,1-5H3,(H,17,20);2-5H,1H3. The van der Waals surface area contributed by atoms with Crippen LogP contribution in [0, 0.1) is 6.92 Å². The molecule has 0 heterocycles. The van der Waals surface area contributed by atoms with Gasteiger partial charge in [-0.2, -0.15) is 0 Å². The van der Waals surface area contributed by atoms with E-state index in [4.69, 9.17) is 25.9 Å². The molecule has 7 nitrogen and oxygen atoms in total. The van der Waals surface area contributed by atoms with Crippen molar-refractivity contribution in [3.63, 3.8) is 0 Å². The van der Waals surface area contributed by atoms with Gasteiger partial charge in [0.2, 0.25) is 0 Å². The molecule has 0 bridgehead atoms. The number of hydrogen-bond donors (Lipinski definition) is 1. The highest BCUT2D eigenvalue weighted by atomic mass is 35.5.